The molecule has 3 aromatic rings. The van der Waals surface area contributed by atoms with Gasteiger partial charge in [-0.2, -0.15) is 0 Å². The van der Waals surface area contributed by atoms with Crippen molar-refractivity contribution in [3.63, 3.8) is 0 Å². The summed E-state index contributed by atoms with van der Waals surface area (Å²) in [6.45, 7) is 0.362. The summed E-state index contributed by atoms with van der Waals surface area (Å²) in [5, 5.41) is 3.36. The Labute approximate surface area is 161 Å². The highest BCUT2D eigenvalue weighted by Gasteiger charge is 2.15. The van der Waals surface area contributed by atoms with E-state index >= 15 is 0 Å². The van der Waals surface area contributed by atoms with E-state index in [1.807, 2.05) is 0 Å². The topological polar surface area (TPSA) is 89.8 Å². The molecule has 0 atom stereocenters. The van der Waals surface area contributed by atoms with E-state index in [9.17, 15) is 13.2 Å². The molecular formula is C18H18ClN3O4S. The number of pyridine rings is 1. The molecule has 0 spiro atoms. The number of carbonyl (C=O) groups excluding carboxylic acids is 1. The van der Waals surface area contributed by atoms with Gasteiger partial charge in [-0.05, 0) is 36.4 Å². The molecule has 0 saturated carbocycles. The van der Waals surface area contributed by atoms with E-state index in [0.29, 0.717) is 16.3 Å². The van der Waals surface area contributed by atoms with Crippen LogP contribution in [0.2, 0.25) is 5.02 Å². The van der Waals surface area contributed by atoms with Crippen molar-refractivity contribution in [3.05, 3.63) is 65.1 Å². The fourth-order valence-corrected chi connectivity index (χ4v) is 3.84. The maximum Gasteiger partial charge on any atom is 0.251 e. The van der Waals surface area contributed by atoms with Crippen LogP contribution in [-0.2, 0) is 21.1 Å². The van der Waals surface area contributed by atoms with Crippen LogP contribution in [0.25, 0.3) is 5.65 Å². The van der Waals surface area contributed by atoms with Gasteiger partial charge >= 0.3 is 0 Å². The predicted molar refractivity (Wildman–Crippen MR) is 102 cm³/mol. The molecule has 0 aliphatic carbocycles. The van der Waals surface area contributed by atoms with E-state index in [4.69, 9.17) is 16.3 Å². The first kappa shape index (κ1) is 19.3. The molecule has 1 aromatic carbocycles. The van der Waals surface area contributed by atoms with E-state index in [1.54, 1.807) is 28.9 Å². The molecule has 9 heteroatoms. The number of rotatable bonds is 7. The number of sulfone groups is 1. The van der Waals surface area contributed by atoms with Gasteiger partial charge in [-0.1, -0.05) is 11.6 Å². The molecule has 2 heterocycles. The van der Waals surface area contributed by atoms with Crippen LogP contribution in [0.4, 0.5) is 0 Å². The standard InChI is InChI=1S/C18H18ClN3O4S/c1-26-8-9-27(24,25)16-5-2-13(3-6-16)18(23)20-10-15-12-22-11-14(19)4-7-17(22)21-15/h2-7,11-12H,8-10H2,1H3,(H,20,23). The molecule has 0 radical (unpaired) electrons. The predicted octanol–water partition coefficient (Wildman–Crippen LogP) is 2.34. The van der Waals surface area contributed by atoms with Crippen molar-refractivity contribution in [2.24, 2.45) is 0 Å². The third-order valence-corrected chi connectivity index (χ3v) is 5.84. The first-order valence-electron chi connectivity index (χ1n) is 8.12. The van der Waals surface area contributed by atoms with Crippen LogP contribution >= 0.6 is 11.6 Å². The molecule has 0 aliphatic rings. The van der Waals surface area contributed by atoms with Crippen molar-refractivity contribution < 1.29 is 17.9 Å². The Kier molecular flexibility index (Phi) is 5.79. The summed E-state index contributed by atoms with van der Waals surface area (Å²) in [5.74, 6) is -0.418. The van der Waals surface area contributed by atoms with Crippen molar-refractivity contribution >= 4 is 33.0 Å². The van der Waals surface area contributed by atoms with Gasteiger partial charge in [0.1, 0.15) is 5.65 Å². The number of imidazole rings is 1. The lowest BCUT2D eigenvalue weighted by Gasteiger charge is -2.06. The highest BCUT2D eigenvalue weighted by Crippen LogP contribution is 2.14. The smallest absolute Gasteiger partial charge is 0.251 e. The Morgan fingerprint density at radius 3 is 2.63 bits per heavy atom. The van der Waals surface area contributed by atoms with Gasteiger partial charge in [-0.15, -0.1) is 0 Å². The minimum atomic E-state index is -3.42. The van der Waals surface area contributed by atoms with Gasteiger partial charge in [-0.3, -0.25) is 4.79 Å². The Balaban J connectivity index is 1.65. The Hall–Kier alpha value is -2.42. The largest absolute Gasteiger partial charge is 0.384 e. The maximum absolute atomic E-state index is 12.3. The van der Waals surface area contributed by atoms with Crippen molar-refractivity contribution in [2.45, 2.75) is 11.4 Å². The molecule has 1 amide bonds. The number of nitrogens with zero attached hydrogens (tertiary/aromatic N) is 2. The summed E-state index contributed by atoms with van der Waals surface area (Å²) in [4.78, 5) is 16.8. The zero-order chi connectivity index (χ0) is 19.4. The molecule has 2 aromatic heterocycles. The second-order valence-corrected chi connectivity index (χ2v) is 8.41. The third kappa shape index (κ3) is 4.65. The van der Waals surface area contributed by atoms with E-state index in [1.165, 1.54) is 31.4 Å². The first-order valence-corrected chi connectivity index (χ1v) is 10.2. The van der Waals surface area contributed by atoms with Crippen molar-refractivity contribution in [3.8, 4) is 0 Å². The number of hydrogen-bond acceptors (Lipinski definition) is 5. The molecule has 0 bridgehead atoms. The molecule has 0 unspecified atom stereocenters. The van der Waals surface area contributed by atoms with Crippen LogP contribution in [0, 0.1) is 0 Å². The fourth-order valence-electron chi connectivity index (χ4n) is 2.50. The monoisotopic (exact) mass is 407 g/mol. The first-order chi connectivity index (χ1) is 12.9. The molecule has 0 saturated heterocycles. The van der Waals surface area contributed by atoms with Crippen molar-refractivity contribution in [2.75, 3.05) is 19.5 Å². The molecule has 7 nitrogen and oxygen atoms in total. The van der Waals surface area contributed by atoms with E-state index < -0.39 is 9.84 Å². The summed E-state index contributed by atoms with van der Waals surface area (Å²) < 4.78 is 30.8. The molecular weight excluding hydrogens is 390 g/mol. The number of halogens is 1. The van der Waals surface area contributed by atoms with E-state index in [2.05, 4.69) is 10.3 Å². The SMILES string of the molecule is COCCS(=O)(=O)c1ccc(C(=O)NCc2cn3cc(Cl)ccc3n2)cc1. The summed E-state index contributed by atoms with van der Waals surface area (Å²) >= 11 is 5.94. The number of benzene rings is 1. The lowest BCUT2D eigenvalue weighted by molar-refractivity contribution is 0.0950. The number of carbonyl (C=O) groups is 1. The normalized spacial score (nSPS) is 11.6. The van der Waals surface area contributed by atoms with Crippen LogP contribution in [0.3, 0.4) is 0 Å². The zero-order valence-corrected chi connectivity index (χ0v) is 16.1. The number of nitrogens with one attached hydrogen (secondary N) is 1. The molecule has 1 N–H and O–H groups in total. The van der Waals surface area contributed by atoms with Gasteiger partial charge in [0.05, 0.1) is 34.5 Å². The van der Waals surface area contributed by atoms with Crippen LogP contribution < -0.4 is 5.32 Å². The summed E-state index contributed by atoms with van der Waals surface area (Å²) in [6, 6.07) is 9.35. The summed E-state index contributed by atoms with van der Waals surface area (Å²) in [6.07, 6.45) is 3.52. The molecule has 0 fully saturated rings. The quantitative estimate of drug-likeness (QED) is 0.649. The lowest BCUT2D eigenvalue weighted by Crippen LogP contribution is -2.23. The summed E-state index contributed by atoms with van der Waals surface area (Å²) in [5.41, 5.74) is 1.78. The van der Waals surface area contributed by atoms with Crippen LogP contribution in [0.1, 0.15) is 16.1 Å². The number of methoxy groups -OCH3 is 1. The lowest BCUT2D eigenvalue weighted by atomic mass is 10.2. The number of amides is 1. The fraction of sp³-hybridized carbons (Fsp3) is 0.222. The number of hydrogen-bond donors (Lipinski definition) is 1. The second-order valence-electron chi connectivity index (χ2n) is 5.86. The van der Waals surface area contributed by atoms with Crippen molar-refractivity contribution in [1.29, 1.82) is 0 Å². The second kappa shape index (κ2) is 8.08. The highest BCUT2D eigenvalue weighted by molar-refractivity contribution is 7.91. The number of aromatic nitrogens is 2. The number of fused-ring (bicyclic) bond motifs is 1. The Morgan fingerprint density at radius 2 is 1.93 bits per heavy atom. The van der Waals surface area contributed by atoms with E-state index in [-0.39, 0.29) is 29.7 Å². The Morgan fingerprint density at radius 1 is 1.19 bits per heavy atom. The minimum Gasteiger partial charge on any atom is -0.384 e. The van der Waals surface area contributed by atoms with Gasteiger partial charge in [0, 0.05) is 25.1 Å². The third-order valence-electron chi connectivity index (χ3n) is 3.93. The summed E-state index contributed by atoms with van der Waals surface area (Å²) in [7, 11) is -1.97. The van der Waals surface area contributed by atoms with Crippen molar-refractivity contribution in [1.82, 2.24) is 14.7 Å². The Bertz CT molecular complexity index is 1060. The van der Waals surface area contributed by atoms with Gasteiger partial charge in [0.2, 0.25) is 0 Å². The van der Waals surface area contributed by atoms with E-state index in [0.717, 1.165) is 5.65 Å². The number of ether oxygens (including phenoxy) is 1. The van der Waals surface area contributed by atoms with Gasteiger partial charge in [-0.25, -0.2) is 13.4 Å². The van der Waals surface area contributed by atoms with Gasteiger partial charge < -0.3 is 14.5 Å². The van der Waals surface area contributed by atoms with Gasteiger partial charge in [0.15, 0.2) is 9.84 Å². The zero-order valence-electron chi connectivity index (χ0n) is 14.6. The molecule has 142 valence electrons. The highest BCUT2D eigenvalue weighted by atomic mass is 35.5. The van der Waals surface area contributed by atoms with Crippen LogP contribution in [0.5, 0.6) is 0 Å². The average Bonchev–Trinajstić information content (AvgIpc) is 3.06. The van der Waals surface area contributed by atoms with Gasteiger partial charge in [0.25, 0.3) is 5.91 Å². The van der Waals surface area contributed by atoms with Crippen LogP contribution in [0.15, 0.2) is 53.7 Å². The molecule has 3 rings (SSSR count). The van der Waals surface area contributed by atoms with Crippen LogP contribution in [-0.4, -0.2) is 43.2 Å². The average molecular weight is 408 g/mol. The molecule has 0 aliphatic heterocycles. The minimum absolute atomic E-state index is 0.104. The maximum atomic E-state index is 12.3. The molecule has 27 heavy (non-hydrogen) atoms.